The first-order chi connectivity index (χ1) is 8.81. The topological polar surface area (TPSA) is 35.5 Å². The molecule has 3 nitrogen and oxygen atoms in total. The van der Waals surface area contributed by atoms with Crippen LogP contribution >= 0.6 is 15.9 Å². The molecule has 0 bridgehead atoms. The zero-order chi connectivity index (χ0) is 12.8. The van der Waals surface area contributed by atoms with Crippen LogP contribution in [0.1, 0.15) is 0 Å². The van der Waals surface area contributed by atoms with Crippen molar-refractivity contribution in [3.8, 4) is 5.75 Å². The van der Waals surface area contributed by atoms with E-state index in [1.54, 1.807) is 0 Å². The van der Waals surface area contributed by atoms with Crippen LogP contribution in [-0.4, -0.2) is 24.5 Å². The summed E-state index contributed by atoms with van der Waals surface area (Å²) >= 11 is 3.19. The van der Waals surface area contributed by atoms with Gasteiger partial charge in [0, 0.05) is 10.7 Å². The van der Waals surface area contributed by atoms with Gasteiger partial charge in [-0.25, -0.2) is 4.79 Å². The molecule has 0 aromatic heterocycles. The fourth-order valence-corrected chi connectivity index (χ4v) is 1.81. The molecule has 2 aromatic rings. The molecule has 0 saturated heterocycles. The summed E-state index contributed by atoms with van der Waals surface area (Å²) < 4.78 is 10.4. The van der Waals surface area contributed by atoms with Crippen molar-refractivity contribution in [2.45, 2.75) is 0 Å². The Kier molecular flexibility index (Phi) is 4.59. The smallest absolute Gasteiger partial charge is 0.344 e. The van der Waals surface area contributed by atoms with E-state index in [2.05, 4.69) is 15.9 Å². The molecular weight excluding hydrogens is 296 g/mol. The fraction of sp³-hybridized carbons (Fsp3) is 0.214. The predicted octanol–water partition coefficient (Wildman–Crippen LogP) is 3.16. The number of hydrogen-bond donors (Lipinski definition) is 0. The average Bonchev–Trinajstić information content (AvgIpc) is 2.42. The summed E-state index contributed by atoms with van der Waals surface area (Å²) in [6.07, 6.45) is 0. The van der Waals surface area contributed by atoms with Crippen molar-refractivity contribution < 1.29 is 14.3 Å². The number of alkyl halides is 1. The molecule has 0 amide bonds. The Balaban J connectivity index is 2.05. The molecule has 2 aromatic carbocycles. The zero-order valence-corrected chi connectivity index (χ0v) is 11.4. The van der Waals surface area contributed by atoms with Gasteiger partial charge >= 0.3 is 5.97 Å². The monoisotopic (exact) mass is 308 g/mol. The van der Waals surface area contributed by atoms with Crippen LogP contribution in [0.3, 0.4) is 0 Å². The number of carbonyl (C=O) groups excluding carboxylic acids is 1. The van der Waals surface area contributed by atoms with E-state index < -0.39 is 0 Å². The van der Waals surface area contributed by atoms with Gasteiger partial charge in [-0.2, -0.15) is 0 Å². The van der Waals surface area contributed by atoms with Crippen molar-refractivity contribution in [2.75, 3.05) is 18.5 Å². The first-order valence-corrected chi connectivity index (χ1v) is 6.75. The quantitative estimate of drug-likeness (QED) is 0.629. The van der Waals surface area contributed by atoms with Crippen molar-refractivity contribution in [3.05, 3.63) is 42.5 Å². The van der Waals surface area contributed by atoms with Gasteiger partial charge in [-0.1, -0.05) is 52.3 Å². The van der Waals surface area contributed by atoms with Crippen molar-refractivity contribution in [2.24, 2.45) is 0 Å². The highest BCUT2D eigenvalue weighted by Crippen LogP contribution is 2.24. The first-order valence-electron chi connectivity index (χ1n) is 5.63. The molecule has 0 aliphatic heterocycles. The minimum absolute atomic E-state index is 0.0684. The van der Waals surface area contributed by atoms with E-state index in [0.717, 1.165) is 10.8 Å². The Bertz CT molecular complexity index is 534. The highest BCUT2D eigenvalue weighted by atomic mass is 79.9. The molecule has 0 unspecified atom stereocenters. The van der Waals surface area contributed by atoms with Gasteiger partial charge in [0.15, 0.2) is 6.61 Å². The van der Waals surface area contributed by atoms with Crippen LogP contribution in [0.2, 0.25) is 0 Å². The van der Waals surface area contributed by atoms with Crippen LogP contribution in [0.4, 0.5) is 0 Å². The van der Waals surface area contributed by atoms with Gasteiger partial charge in [0.05, 0.1) is 0 Å². The minimum atomic E-state index is -0.359. The van der Waals surface area contributed by atoms with E-state index in [1.165, 1.54) is 0 Å². The third kappa shape index (κ3) is 3.23. The Hall–Kier alpha value is -1.55. The molecule has 0 fully saturated rings. The van der Waals surface area contributed by atoms with Gasteiger partial charge < -0.3 is 9.47 Å². The molecule has 0 aliphatic carbocycles. The third-order valence-corrected chi connectivity index (χ3v) is 2.76. The summed E-state index contributed by atoms with van der Waals surface area (Å²) in [6, 6.07) is 13.6. The van der Waals surface area contributed by atoms with E-state index in [4.69, 9.17) is 9.47 Å². The molecule has 94 valence electrons. The number of benzene rings is 2. The summed E-state index contributed by atoms with van der Waals surface area (Å²) in [6.45, 7) is 0.290. The lowest BCUT2D eigenvalue weighted by Crippen LogP contribution is -2.15. The lowest BCUT2D eigenvalue weighted by Gasteiger charge is -2.08. The molecule has 0 N–H and O–H groups in total. The number of hydrogen-bond acceptors (Lipinski definition) is 3. The highest BCUT2D eigenvalue weighted by molar-refractivity contribution is 9.09. The summed E-state index contributed by atoms with van der Waals surface area (Å²) in [5.41, 5.74) is 0. The van der Waals surface area contributed by atoms with Crippen LogP contribution in [0.5, 0.6) is 5.75 Å². The lowest BCUT2D eigenvalue weighted by molar-refractivity contribution is -0.145. The lowest BCUT2D eigenvalue weighted by atomic mass is 10.1. The number of rotatable bonds is 5. The van der Waals surface area contributed by atoms with Crippen molar-refractivity contribution in [1.82, 2.24) is 0 Å². The van der Waals surface area contributed by atoms with Gasteiger partial charge in [-0.15, -0.1) is 0 Å². The van der Waals surface area contributed by atoms with Crippen LogP contribution in [0, 0.1) is 0 Å². The Morgan fingerprint density at radius 2 is 1.89 bits per heavy atom. The Morgan fingerprint density at radius 1 is 1.11 bits per heavy atom. The summed E-state index contributed by atoms with van der Waals surface area (Å²) in [7, 11) is 0. The minimum Gasteiger partial charge on any atom is -0.481 e. The van der Waals surface area contributed by atoms with Crippen LogP contribution < -0.4 is 4.74 Å². The molecular formula is C14H13BrO3. The SMILES string of the molecule is O=C(COc1cccc2ccccc12)OCCBr. The number of fused-ring (bicyclic) bond motifs is 1. The van der Waals surface area contributed by atoms with Gasteiger partial charge in [-0.3, -0.25) is 0 Å². The molecule has 2 rings (SSSR count). The van der Waals surface area contributed by atoms with Crippen molar-refractivity contribution in [3.63, 3.8) is 0 Å². The Labute approximate surface area is 114 Å². The molecule has 0 aliphatic rings. The normalized spacial score (nSPS) is 10.3. The van der Waals surface area contributed by atoms with Gasteiger partial charge in [0.25, 0.3) is 0 Å². The summed E-state index contributed by atoms with van der Waals surface area (Å²) in [5, 5.41) is 2.71. The van der Waals surface area contributed by atoms with Crippen LogP contribution in [0.25, 0.3) is 10.8 Å². The molecule has 4 heteroatoms. The van der Waals surface area contributed by atoms with E-state index in [1.807, 2.05) is 42.5 Å². The van der Waals surface area contributed by atoms with Gasteiger partial charge in [0.2, 0.25) is 0 Å². The molecule has 0 spiro atoms. The van der Waals surface area contributed by atoms with Crippen molar-refractivity contribution >= 4 is 32.7 Å². The van der Waals surface area contributed by atoms with E-state index in [-0.39, 0.29) is 12.6 Å². The number of ether oxygens (including phenoxy) is 2. The third-order valence-electron chi connectivity index (χ3n) is 2.44. The maximum atomic E-state index is 11.3. The molecule has 0 radical (unpaired) electrons. The molecule has 0 heterocycles. The second-order valence-electron chi connectivity index (χ2n) is 3.68. The Morgan fingerprint density at radius 3 is 2.72 bits per heavy atom. The number of halogens is 1. The fourth-order valence-electron chi connectivity index (χ4n) is 1.65. The molecule has 18 heavy (non-hydrogen) atoms. The van der Waals surface area contributed by atoms with E-state index >= 15 is 0 Å². The van der Waals surface area contributed by atoms with Gasteiger partial charge in [-0.05, 0) is 11.5 Å². The average molecular weight is 309 g/mol. The highest BCUT2D eigenvalue weighted by Gasteiger charge is 2.06. The standard InChI is InChI=1S/C14H13BrO3/c15-8-9-17-14(16)10-18-13-7-3-5-11-4-1-2-6-12(11)13/h1-7H,8-10H2. The molecule has 0 atom stereocenters. The molecule has 0 saturated carbocycles. The first kappa shape index (κ1) is 12.9. The zero-order valence-electron chi connectivity index (χ0n) is 9.77. The summed E-state index contributed by atoms with van der Waals surface area (Å²) in [4.78, 5) is 11.3. The number of esters is 1. The van der Waals surface area contributed by atoms with Gasteiger partial charge in [0.1, 0.15) is 12.4 Å². The predicted molar refractivity (Wildman–Crippen MR) is 74.2 cm³/mol. The number of carbonyl (C=O) groups is 1. The maximum absolute atomic E-state index is 11.3. The summed E-state index contributed by atoms with van der Waals surface area (Å²) in [5.74, 6) is 0.339. The van der Waals surface area contributed by atoms with E-state index in [9.17, 15) is 4.79 Å². The largest absolute Gasteiger partial charge is 0.481 e. The van der Waals surface area contributed by atoms with Crippen LogP contribution in [0.15, 0.2) is 42.5 Å². The maximum Gasteiger partial charge on any atom is 0.344 e. The second-order valence-corrected chi connectivity index (χ2v) is 4.47. The van der Waals surface area contributed by atoms with Crippen molar-refractivity contribution in [1.29, 1.82) is 0 Å². The van der Waals surface area contributed by atoms with E-state index in [0.29, 0.717) is 17.7 Å². The second kappa shape index (κ2) is 6.40. The van der Waals surface area contributed by atoms with Crippen LogP contribution in [-0.2, 0) is 9.53 Å².